The van der Waals surface area contributed by atoms with Gasteiger partial charge in [0.05, 0.1) is 12.2 Å². The topological polar surface area (TPSA) is 38.5 Å². The third-order valence-corrected chi connectivity index (χ3v) is 2.58. The Morgan fingerprint density at radius 1 is 1.50 bits per heavy atom. The van der Waals surface area contributed by atoms with Crippen LogP contribution in [0.15, 0.2) is 0 Å². The SMILES string of the molecule is CN(C)CC1COC(C)(C)C1N. The number of nitrogens with two attached hydrogens (primary N) is 1. The fourth-order valence-electron chi connectivity index (χ4n) is 1.72. The number of hydrogen-bond acceptors (Lipinski definition) is 3. The maximum atomic E-state index is 6.05. The Hall–Kier alpha value is -0.120. The smallest absolute Gasteiger partial charge is 0.0780 e. The molecule has 0 aromatic carbocycles. The van der Waals surface area contributed by atoms with Crippen LogP contribution in [-0.2, 0) is 4.74 Å². The minimum absolute atomic E-state index is 0.138. The molecule has 0 bridgehead atoms. The molecule has 1 rings (SSSR count). The van der Waals surface area contributed by atoms with Gasteiger partial charge in [-0.05, 0) is 27.9 Å². The molecule has 0 radical (unpaired) electrons. The molecular weight excluding hydrogens is 152 g/mol. The van der Waals surface area contributed by atoms with E-state index in [0.717, 1.165) is 13.2 Å². The van der Waals surface area contributed by atoms with E-state index in [1.165, 1.54) is 0 Å². The lowest BCUT2D eigenvalue weighted by molar-refractivity contribution is 0.0273. The van der Waals surface area contributed by atoms with Gasteiger partial charge in [-0.15, -0.1) is 0 Å². The average Bonchev–Trinajstić information content (AvgIpc) is 2.15. The molecule has 0 saturated carbocycles. The van der Waals surface area contributed by atoms with Crippen LogP contribution >= 0.6 is 0 Å². The van der Waals surface area contributed by atoms with Crippen molar-refractivity contribution in [2.75, 3.05) is 27.2 Å². The van der Waals surface area contributed by atoms with Crippen LogP contribution in [0.25, 0.3) is 0 Å². The predicted octanol–water partition coefficient (Wildman–Crippen LogP) is 0.300. The molecule has 1 saturated heterocycles. The van der Waals surface area contributed by atoms with E-state index in [0.29, 0.717) is 5.92 Å². The van der Waals surface area contributed by atoms with Crippen LogP contribution in [-0.4, -0.2) is 43.8 Å². The third-order valence-electron chi connectivity index (χ3n) is 2.58. The quantitative estimate of drug-likeness (QED) is 0.651. The van der Waals surface area contributed by atoms with Gasteiger partial charge in [0, 0.05) is 18.5 Å². The van der Waals surface area contributed by atoms with Crippen molar-refractivity contribution in [3.8, 4) is 0 Å². The fourth-order valence-corrected chi connectivity index (χ4v) is 1.72. The van der Waals surface area contributed by atoms with Crippen molar-refractivity contribution in [1.29, 1.82) is 0 Å². The molecule has 0 aliphatic carbocycles. The lowest BCUT2D eigenvalue weighted by Gasteiger charge is -2.25. The van der Waals surface area contributed by atoms with Gasteiger partial charge >= 0.3 is 0 Å². The maximum absolute atomic E-state index is 6.05. The molecule has 1 aliphatic heterocycles. The van der Waals surface area contributed by atoms with E-state index in [1.807, 2.05) is 0 Å². The summed E-state index contributed by atoms with van der Waals surface area (Å²) < 4.78 is 5.61. The van der Waals surface area contributed by atoms with E-state index < -0.39 is 0 Å². The van der Waals surface area contributed by atoms with Gasteiger partial charge in [-0.3, -0.25) is 0 Å². The molecule has 0 aromatic heterocycles. The predicted molar refractivity (Wildman–Crippen MR) is 50.1 cm³/mol. The standard InChI is InChI=1S/C9H20N2O/c1-9(2)8(10)7(6-12-9)5-11(3)4/h7-8H,5-6,10H2,1-4H3. The molecule has 2 N–H and O–H groups in total. The zero-order chi connectivity index (χ0) is 9.35. The van der Waals surface area contributed by atoms with Gasteiger partial charge in [0.1, 0.15) is 0 Å². The highest BCUT2D eigenvalue weighted by Gasteiger charge is 2.40. The Morgan fingerprint density at radius 2 is 2.08 bits per heavy atom. The Bertz CT molecular complexity index is 157. The normalized spacial score (nSPS) is 34.5. The van der Waals surface area contributed by atoms with Crippen LogP contribution in [0.1, 0.15) is 13.8 Å². The molecular formula is C9H20N2O. The van der Waals surface area contributed by atoms with Gasteiger partial charge in [0.25, 0.3) is 0 Å². The molecule has 3 heteroatoms. The van der Waals surface area contributed by atoms with Crippen molar-refractivity contribution in [1.82, 2.24) is 4.90 Å². The molecule has 1 aliphatic rings. The zero-order valence-electron chi connectivity index (χ0n) is 8.50. The van der Waals surface area contributed by atoms with Gasteiger partial charge in [-0.2, -0.15) is 0 Å². The number of nitrogens with zero attached hydrogens (tertiary/aromatic N) is 1. The lowest BCUT2D eigenvalue weighted by Crippen LogP contribution is -2.45. The average molecular weight is 172 g/mol. The first-order valence-corrected chi connectivity index (χ1v) is 4.48. The molecule has 12 heavy (non-hydrogen) atoms. The van der Waals surface area contributed by atoms with E-state index in [1.54, 1.807) is 0 Å². The highest BCUT2D eigenvalue weighted by molar-refractivity contribution is 4.94. The molecule has 2 unspecified atom stereocenters. The molecule has 3 nitrogen and oxygen atoms in total. The van der Waals surface area contributed by atoms with E-state index >= 15 is 0 Å². The Labute approximate surface area is 74.9 Å². The monoisotopic (exact) mass is 172 g/mol. The summed E-state index contributed by atoms with van der Waals surface area (Å²) in [4.78, 5) is 2.16. The van der Waals surface area contributed by atoms with E-state index in [4.69, 9.17) is 10.5 Å². The van der Waals surface area contributed by atoms with Crippen LogP contribution < -0.4 is 5.73 Å². The van der Waals surface area contributed by atoms with Crippen LogP contribution in [0.2, 0.25) is 0 Å². The van der Waals surface area contributed by atoms with E-state index in [-0.39, 0.29) is 11.6 Å². The van der Waals surface area contributed by atoms with E-state index in [9.17, 15) is 0 Å². The summed E-state index contributed by atoms with van der Waals surface area (Å²) in [6.07, 6.45) is 0. The number of ether oxygens (including phenoxy) is 1. The minimum Gasteiger partial charge on any atom is -0.374 e. The third kappa shape index (κ3) is 1.97. The highest BCUT2D eigenvalue weighted by Crippen LogP contribution is 2.28. The molecule has 0 aromatic rings. The fraction of sp³-hybridized carbons (Fsp3) is 1.00. The summed E-state index contributed by atoms with van der Waals surface area (Å²) in [6.45, 7) is 5.94. The lowest BCUT2D eigenvalue weighted by atomic mass is 9.91. The molecule has 0 spiro atoms. The number of hydrogen-bond donors (Lipinski definition) is 1. The molecule has 1 heterocycles. The van der Waals surface area contributed by atoms with Gasteiger partial charge in [0.2, 0.25) is 0 Å². The zero-order valence-corrected chi connectivity index (χ0v) is 8.50. The summed E-state index contributed by atoms with van der Waals surface area (Å²) in [5, 5.41) is 0. The van der Waals surface area contributed by atoms with Crippen LogP contribution in [0.5, 0.6) is 0 Å². The Morgan fingerprint density at radius 3 is 2.42 bits per heavy atom. The van der Waals surface area contributed by atoms with Gasteiger partial charge in [0.15, 0.2) is 0 Å². The summed E-state index contributed by atoms with van der Waals surface area (Å²) in [5.74, 6) is 0.481. The van der Waals surface area contributed by atoms with Crippen molar-refractivity contribution >= 4 is 0 Å². The van der Waals surface area contributed by atoms with Gasteiger partial charge in [-0.1, -0.05) is 0 Å². The van der Waals surface area contributed by atoms with Crippen LogP contribution in [0.3, 0.4) is 0 Å². The molecule has 2 atom stereocenters. The summed E-state index contributed by atoms with van der Waals surface area (Å²) >= 11 is 0. The number of rotatable bonds is 2. The first-order valence-electron chi connectivity index (χ1n) is 4.48. The molecule has 0 amide bonds. The van der Waals surface area contributed by atoms with Crippen LogP contribution in [0.4, 0.5) is 0 Å². The van der Waals surface area contributed by atoms with Crippen LogP contribution in [0, 0.1) is 5.92 Å². The Kier molecular flexibility index (Phi) is 2.76. The molecule has 72 valence electrons. The largest absolute Gasteiger partial charge is 0.374 e. The summed E-state index contributed by atoms with van der Waals surface area (Å²) in [7, 11) is 4.14. The second kappa shape index (κ2) is 3.32. The van der Waals surface area contributed by atoms with E-state index in [2.05, 4.69) is 32.8 Å². The van der Waals surface area contributed by atoms with Gasteiger partial charge in [-0.25, -0.2) is 0 Å². The van der Waals surface area contributed by atoms with Crippen molar-refractivity contribution in [2.24, 2.45) is 11.7 Å². The Balaban J connectivity index is 2.50. The summed E-state index contributed by atoms with van der Waals surface area (Å²) in [5.41, 5.74) is 5.92. The van der Waals surface area contributed by atoms with Crippen molar-refractivity contribution in [2.45, 2.75) is 25.5 Å². The second-order valence-corrected chi connectivity index (χ2v) is 4.46. The first kappa shape index (κ1) is 9.96. The first-order chi connectivity index (χ1) is 5.43. The minimum atomic E-state index is -0.138. The summed E-state index contributed by atoms with van der Waals surface area (Å²) in [6, 6.07) is 0.167. The van der Waals surface area contributed by atoms with Crippen molar-refractivity contribution in [3.05, 3.63) is 0 Å². The highest BCUT2D eigenvalue weighted by atomic mass is 16.5. The molecule has 1 fully saturated rings. The van der Waals surface area contributed by atoms with Crippen molar-refractivity contribution < 1.29 is 4.74 Å². The van der Waals surface area contributed by atoms with Gasteiger partial charge < -0.3 is 15.4 Å². The maximum Gasteiger partial charge on any atom is 0.0780 e. The second-order valence-electron chi connectivity index (χ2n) is 4.46. The van der Waals surface area contributed by atoms with Crippen molar-refractivity contribution in [3.63, 3.8) is 0 Å².